The lowest BCUT2D eigenvalue weighted by atomic mass is 9.79. The van der Waals surface area contributed by atoms with Gasteiger partial charge in [0.2, 0.25) is 0 Å². The summed E-state index contributed by atoms with van der Waals surface area (Å²) in [5, 5.41) is 8.13. The highest BCUT2D eigenvalue weighted by atomic mass is 15.3. The van der Waals surface area contributed by atoms with Gasteiger partial charge < -0.3 is 15.6 Å². The van der Waals surface area contributed by atoms with E-state index in [0.29, 0.717) is 6.04 Å². The molecule has 1 aliphatic rings. The summed E-state index contributed by atoms with van der Waals surface area (Å²) in [6, 6.07) is 6.62. The van der Waals surface area contributed by atoms with Crippen LogP contribution in [0.3, 0.4) is 0 Å². The number of nitrogens with one attached hydrogen (secondary N) is 1. The Bertz CT molecular complexity index is 1210. The molecule has 0 aromatic carbocycles. The average molecular weight is 405 g/mol. The molecule has 0 unspecified atom stereocenters. The van der Waals surface area contributed by atoms with Crippen molar-refractivity contribution in [2.45, 2.75) is 57.7 Å². The lowest BCUT2D eigenvalue weighted by Crippen LogP contribution is -2.45. The molecule has 1 fully saturated rings. The van der Waals surface area contributed by atoms with Crippen molar-refractivity contribution in [1.82, 2.24) is 34.4 Å². The van der Waals surface area contributed by atoms with Gasteiger partial charge in [-0.3, -0.25) is 0 Å². The van der Waals surface area contributed by atoms with E-state index >= 15 is 0 Å². The standard InChI is InChI=1S/C22H28N8/c1-4-29-14(2)26-18-6-5-17(27-20(18)29)16-9-12-30-19(16)13-25-21(28-30)22(23)10-7-15(24-3)8-11-22/h5-6,9,12-13,15,24H,4,7-8,10-11,23H2,1-3H3. The minimum atomic E-state index is -0.464. The number of imidazole rings is 1. The number of hydrogen-bond acceptors (Lipinski definition) is 6. The van der Waals surface area contributed by atoms with E-state index in [1.807, 2.05) is 49.1 Å². The summed E-state index contributed by atoms with van der Waals surface area (Å²) < 4.78 is 4.01. The van der Waals surface area contributed by atoms with E-state index in [2.05, 4.69) is 26.8 Å². The Morgan fingerprint density at radius 3 is 2.73 bits per heavy atom. The SMILES string of the molecule is CCn1c(C)nc2ccc(-c3ccn4nc(C5(N)CCC(NC)CC5)ncc34)nc21. The summed E-state index contributed by atoms with van der Waals surface area (Å²) >= 11 is 0. The number of rotatable bonds is 4. The quantitative estimate of drug-likeness (QED) is 0.543. The molecule has 4 aromatic rings. The molecule has 8 nitrogen and oxygen atoms in total. The van der Waals surface area contributed by atoms with Crippen LogP contribution >= 0.6 is 0 Å². The highest BCUT2D eigenvalue weighted by molar-refractivity contribution is 5.82. The monoisotopic (exact) mass is 404 g/mol. The molecule has 30 heavy (non-hydrogen) atoms. The molecule has 0 radical (unpaired) electrons. The normalized spacial score (nSPS) is 22.2. The second kappa shape index (κ2) is 7.14. The highest BCUT2D eigenvalue weighted by Gasteiger charge is 2.35. The van der Waals surface area contributed by atoms with Gasteiger partial charge in [0.1, 0.15) is 11.3 Å². The van der Waals surface area contributed by atoms with Crippen molar-refractivity contribution < 1.29 is 0 Å². The molecule has 0 atom stereocenters. The second-order valence-corrected chi connectivity index (χ2v) is 8.30. The Morgan fingerprint density at radius 2 is 2.00 bits per heavy atom. The molecule has 156 valence electrons. The molecule has 0 amide bonds. The predicted octanol–water partition coefficient (Wildman–Crippen LogP) is 2.79. The summed E-state index contributed by atoms with van der Waals surface area (Å²) in [7, 11) is 2.01. The van der Waals surface area contributed by atoms with Crippen molar-refractivity contribution >= 4 is 16.7 Å². The molecule has 1 saturated carbocycles. The van der Waals surface area contributed by atoms with E-state index in [9.17, 15) is 0 Å². The minimum Gasteiger partial charge on any atom is -0.319 e. The first-order valence-electron chi connectivity index (χ1n) is 10.7. The number of hydrogen-bond donors (Lipinski definition) is 2. The van der Waals surface area contributed by atoms with E-state index in [-0.39, 0.29) is 0 Å². The maximum Gasteiger partial charge on any atom is 0.169 e. The van der Waals surface area contributed by atoms with Gasteiger partial charge in [0.05, 0.1) is 22.9 Å². The molecule has 0 saturated heterocycles. The van der Waals surface area contributed by atoms with E-state index in [0.717, 1.165) is 71.8 Å². The summed E-state index contributed by atoms with van der Waals surface area (Å²) in [6.45, 7) is 4.97. The van der Waals surface area contributed by atoms with Gasteiger partial charge in [0, 0.05) is 24.3 Å². The molecule has 3 N–H and O–H groups in total. The summed E-state index contributed by atoms with van der Waals surface area (Å²) in [5.41, 5.74) is 10.9. The van der Waals surface area contributed by atoms with Gasteiger partial charge in [0.25, 0.3) is 0 Å². The van der Waals surface area contributed by atoms with Crippen LogP contribution in [0.5, 0.6) is 0 Å². The Kier molecular flexibility index (Phi) is 4.56. The van der Waals surface area contributed by atoms with Gasteiger partial charge in [-0.05, 0) is 64.8 Å². The van der Waals surface area contributed by atoms with E-state index in [1.165, 1.54) is 0 Å². The van der Waals surface area contributed by atoms with Crippen molar-refractivity contribution in [2.24, 2.45) is 5.73 Å². The maximum atomic E-state index is 6.71. The number of nitrogens with two attached hydrogens (primary N) is 1. The van der Waals surface area contributed by atoms with Crippen LogP contribution in [-0.4, -0.2) is 42.2 Å². The van der Waals surface area contributed by atoms with Crippen LogP contribution in [-0.2, 0) is 12.1 Å². The topological polar surface area (TPSA) is 99.0 Å². The zero-order chi connectivity index (χ0) is 20.9. The van der Waals surface area contributed by atoms with Gasteiger partial charge in [-0.25, -0.2) is 19.5 Å². The first-order chi connectivity index (χ1) is 14.5. The van der Waals surface area contributed by atoms with Gasteiger partial charge in [0.15, 0.2) is 11.5 Å². The van der Waals surface area contributed by atoms with Crippen LogP contribution in [0.4, 0.5) is 0 Å². The van der Waals surface area contributed by atoms with Crippen LogP contribution in [0.15, 0.2) is 30.6 Å². The zero-order valence-corrected chi connectivity index (χ0v) is 17.8. The molecule has 0 aliphatic heterocycles. The number of nitrogens with zero attached hydrogens (tertiary/aromatic N) is 6. The molecule has 8 heteroatoms. The Hall–Kier alpha value is -2.84. The van der Waals surface area contributed by atoms with E-state index < -0.39 is 5.54 Å². The van der Waals surface area contributed by atoms with Gasteiger partial charge >= 0.3 is 0 Å². The Labute approximate surface area is 175 Å². The van der Waals surface area contributed by atoms with Crippen LogP contribution in [0.2, 0.25) is 0 Å². The average Bonchev–Trinajstić information content (AvgIpc) is 3.33. The molecule has 4 heterocycles. The minimum absolute atomic E-state index is 0.464. The third-order valence-electron chi connectivity index (χ3n) is 6.52. The third-order valence-corrected chi connectivity index (χ3v) is 6.52. The van der Waals surface area contributed by atoms with Crippen LogP contribution in [0.1, 0.15) is 44.3 Å². The molecular weight excluding hydrogens is 376 g/mol. The molecular formula is C22H28N8. The first-order valence-corrected chi connectivity index (χ1v) is 10.7. The van der Waals surface area contributed by atoms with E-state index in [1.54, 1.807) is 0 Å². The molecule has 0 spiro atoms. The van der Waals surface area contributed by atoms with Crippen molar-refractivity contribution in [3.05, 3.63) is 42.2 Å². The zero-order valence-electron chi connectivity index (χ0n) is 17.8. The fourth-order valence-corrected chi connectivity index (χ4v) is 4.63. The Morgan fingerprint density at radius 1 is 1.20 bits per heavy atom. The summed E-state index contributed by atoms with van der Waals surface area (Å²) in [5.74, 6) is 1.70. The second-order valence-electron chi connectivity index (χ2n) is 8.30. The number of aryl methyl sites for hydroxylation is 2. The lowest BCUT2D eigenvalue weighted by molar-refractivity contribution is 0.245. The molecule has 4 aromatic heterocycles. The third kappa shape index (κ3) is 2.98. The van der Waals surface area contributed by atoms with Gasteiger partial charge in [-0.2, -0.15) is 5.10 Å². The molecule has 0 bridgehead atoms. The fraction of sp³-hybridized carbons (Fsp3) is 0.455. The van der Waals surface area contributed by atoms with Crippen molar-refractivity contribution in [1.29, 1.82) is 0 Å². The Balaban J connectivity index is 1.52. The van der Waals surface area contributed by atoms with Crippen molar-refractivity contribution in [2.75, 3.05) is 7.05 Å². The van der Waals surface area contributed by atoms with Crippen LogP contribution in [0.25, 0.3) is 27.9 Å². The number of aromatic nitrogens is 6. The maximum absolute atomic E-state index is 6.71. The predicted molar refractivity (Wildman–Crippen MR) is 117 cm³/mol. The highest BCUT2D eigenvalue weighted by Crippen LogP contribution is 2.33. The lowest BCUT2D eigenvalue weighted by Gasteiger charge is -2.35. The molecule has 1 aliphatic carbocycles. The number of pyridine rings is 1. The number of fused-ring (bicyclic) bond motifs is 2. The van der Waals surface area contributed by atoms with E-state index in [4.69, 9.17) is 15.8 Å². The van der Waals surface area contributed by atoms with Crippen LogP contribution < -0.4 is 11.1 Å². The van der Waals surface area contributed by atoms with Crippen molar-refractivity contribution in [3.8, 4) is 11.3 Å². The summed E-state index contributed by atoms with van der Waals surface area (Å²) in [4.78, 5) is 14.2. The summed E-state index contributed by atoms with van der Waals surface area (Å²) in [6.07, 6.45) is 7.70. The van der Waals surface area contributed by atoms with Crippen molar-refractivity contribution in [3.63, 3.8) is 0 Å². The smallest absolute Gasteiger partial charge is 0.169 e. The first kappa shape index (κ1) is 19.1. The molecule has 5 rings (SSSR count). The van der Waals surface area contributed by atoms with Crippen LogP contribution in [0, 0.1) is 6.92 Å². The largest absolute Gasteiger partial charge is 0.319 e. The van der Waals surface area contributed by atoms with Gasteiger partial charge in [-0.1, -0.05) is 0 Å². The fourth-order valence-electron chi connectivity index (χ4n) is 4.63. The van der Waals surface area contributed by atoms with Gasteiger partial charge in [-0.15, -0.1) is 0 Å².